The fourth-order valence-corrected chi connectivity index (χ4v) is 3.71. The van der Waals surface area contributed by atoms with E-state index in [1.54, 1.807) is 6.07 Å². The highest BCUT2D eigenvalue weighted by atomic mass is 32.1. The minimum absolute atomic E-state index is 0.0429. The first kappa shape index (κ1) is 25.7. The van der Waals surface area contributed by atoms with Crippen molar-refractivity contribution in [3.8, 4) is 0 Å². The van der Waals surface area contributed by atoms with Gasteiger partial charge in [0.25, 0.3) is 5.91 Å². The maximum absolute atomic E-state index is 13.3. The number of hydrogen-bond acceptors (Lipinski definition) is 6. The fraction of sp³-hybridized carbons (Fsp3) is 0.318. The van der Waals surface area contributed by atoms with Crippen molar-refractivity contribution in [3.05, 3.63) is 59.4 Å². The minimum Gasteiger partial charge on any atom is -0.480 e. The summed E-state index contributed by atoms with van der Waals surface area (Å²) < 4.78 is 13.3. The molecule has 0 saturated heterocycles. The molecule has 2 amide bonds. The Labute approximate surface area is 196 Å². The van der Waals surface area contributed by atoms with E-state index < -0.39 is 35.7 Å². The molecule has 172 valence electrons. The zero-order chi connectivity index (χ0) is 23.7. The summed E-state index contributed by atoms with van der Waals surface area (Å²) in [5, 5.41) is 14.6. The van der Waals surface area contributed by atoms with Gasteiger partial charge < -0.3 is 21.5 Å². The van der Waals surface area contributed by atoms with Crippen LogP contribution < -0.4 is 16.4 Å². The summed E-state index contributed by atoms with van der Waals surface area (Å²) in [5.74, 6) is -2.81. The van der Waals surface area contributed by atoms with Gasteiger partial charge in [-0.2, -0.15) is 0 Å². The molecule has 0 bridgehead atoms. The zero-order valence-corrected chi connectivity index (χ0v) is 19.0. The van der Waals surface area contributed by atoms with E-state index in [9.17, 15) is 23.9 Å². The minimum atomic E-state index is -1.18. The summed E-state index contributed by atoms with van der Waals surface area (Å²) >= 11 is 8.46. The van der Waals surface area contributed by atoms with E-state index in [1.807, 2.05) is 0 Å². The summed E-state index contributed by atoms with van der Waals surface area (Å²) in [4.78, 5) is 38.4. The summed E-state index contributed by atoms with van der Waals surface area (Å²) in [5.41, 5.74) is 6.29. The lowest BCUT2D eigenvalue weighted by Gasteiger charge is -2.22. The molecule has 0 radical (unpaired) electrons. The molecule has 0 spiro atoms. The molecular weight excluding hydrogens is 453 g/mol. The predicted octanol–water partition coefficient (Wildman–Crippen LogP) is 2.44. The fourth-order valence-electron chi connectivity index (χ4n) is 3.06. The first-order valence-corrected chi connectivity index (χ1v) is 10.9. The Hall–Kier alpha value is -2.56. The van der Waals surface area contributed by atoms with Gasteiger partial charge in [0.15, 0.2) is 0 Å². The Morgan fingerprint density at radius 3 is 2.16 bits per heavy atom. The van der Waals surface area contributed by atoms with Gasteiger partial charge in [-0.05, 0) is 61.7 Å². The van der Waals surface area contributed by atoms with E-state index >= 15 is 0 Å². The second-order valence-corrected chi connectivity index (χ2v) is 8.31. The number of carboxylic acids is 1. The standard InChI is InChI=1S/C22H26FN3O4S2/c23-15-6-4-13(5-7-15)9-19(21(28)25-18(22(29)30)3-1-2-8-24)26-20(27)14-10-16(31)12-17(32)11-14/h4-7,10-12,18-19,31-32H,1-3,8-9,24H2,(H,25,28)(H,26,27)(H,29,30)/t18-,19-/m0/s1. The van der Waals surface area contributed by atoms with Gasteiger partial charge in [-0.1, -0.05) is 12.1 Å². The lowest BCUT2D eigenvalue weighted by atomic mass is 10.0. The number of halogens is 1. The van der Waals surface area contributed by atoms with Gasteiger partial charge in [-0.3, -0.25) is 9.59 Å². The SMILES string of the molecule is NCCCC[C@H](NC(=O)[C@H](Cc1ccc(F)cc1)NC(=O)c1cc(S)cc(S)c1)C(=O)O. The first-order chi connectivity index (χ1) is 15.2. The van der Waals surface area contributed by atoms with Gasteiger partial charge in [0.05, 0.1) is 0 Å². The van der Waals surface area contributed by atoms with Crippen molar-refractivity contribution in [1.29, 1.82) is 0 Å². The molecule has 0 heterocycles. The number of carbonyl (C=O) groups is 3. The molecule has 0 aliphatic rings. The van der Waals surface area contributed by atoms with Gasteiger partial charge in [-0.15, -0.1) is 25.3 Å². The molecular formula is C22H26FN3O4S2. The molecule has 7 nitrogen and oxygen atoms in total. The number of rotatable bonds is 11. The van der Waals surface area contributed by atoms with Gasteiger partial charge >= 0.3 is 5.97 Å². The van der Waals surface area contributed by atoms with E-state index in [-0.39, 0.29) is 18.4 Å². The van der Waals surface area contributed by atoms with Crippen LogP contribution in [0.1, 0.15) is 35.2 Å². The molecule has 32 heavy (non-hydrogen) atoms. The molecule has 2 aromatic carbocycles. The molecule has 0 aliphatic carbocycles. The van der Waals surface area contributed by atoms with Crippen LogP contribution in [0, 0.1) is 5.82 Å². The van der Waals surface area contributed by atoms with E-state index in [2.05, 4.69) is 35.9 Å². The van der Waals surface area contributed by atoms with Crippen molar-refractivity contribution in [3.63, 3.8) is 0 Å². The highest BCUT2D eigenvalue weighted by Crippen LogP contribution is 2.17. The van der Waals surface area contributed by atoms with Crippen molar-refractivity contribution < 1.29 is 23.9 Å². The third-order valence-electron chi connectivity index (χ3n) is 4.70. The maximum atomic E-state index is 13.3. The third-order valence-corrected chi connectivity index (χ3v) is 5.22. The second kappa shape index (κ2) is 12.5. The lowest BCUT2D eigenvalue weighted by Crippen LogP contribution is -2.52. The van der Waals surface area contributed by atoms with Crippen molar-refractivity contribution in [2.75, 3.05) is 6.54 Å². The van der Waals surface area contributed by atoms with Crippen molar-refractivity contribution in [2.45, 2.75) is 47.6 Å². The van der Waals surface area contributed by atoms with Crippen molar-refractivity contribution >= 4 is 43.0 Å². The normalized spacial score (nSPS) is 12.6. The van der Waals surface area contributed by atoms with Crippen LogP contribution in [0.3, 0.4) is 0 Å². The Morgan fingerprint density at radius 1 is 0.969 bits per heavy atom. The summed E-state index contributed by atoms with van der Waals surface area (Å²) in [6, 6.07) is 7.99. The van der Waals surface area contributed by atoms with Crippen LogP contribution in [0.4, 0.5) is 4.39 Å². The van der Waals surface area contributed by atoms with Crippen LogP contribution in [-0.2, 0) is 16.0 Å². The summed E-state index contributed by atoms with van der Waals surface area (Å²) in [6.45, 7) is 0.418. The number of unbranched alkanes of at least 4 members (excludes halogenated alkanes) is 1. The zero-order valence-electron chi connectivity index (χ0n) is 17.3. The smallest absolute Gasteiger partial charge is 0.326 e. The number of benzene rings is 2. The monoisotopic (exact) mass is 479 g/mol. The molecule has 0 aromatic heterocycles. The molecule has 0 fully saturated rings. The molecule has 0 aliphatic heterocycles. The van der Waals surface area contributed by atoms with Crippen LogP contribution in [0.5, 0.6) is 0 Å². The van der Waals surface area contributed by atoms with Crippen molar-refractivity contribution in [1.82, 2.24) is 10.6 Å². The number of nitrogens with one attached hydrogen (secondary N) is 2. The third kappa shape index (κ3) is 8.18. The lowest BCUT2D eigenvalue weighted by molar-refractivity contribution is -0.142. The van der Waals surface area contributed by atoms with Crippen molar-refractivity contribution in [2.24, 2.45) is 5.73 Å². The Bertz CT molecular complexity index is 936. The first-order valence-electron chi connectivity index (χ1n) is 10.0. The summed E-state index contributed by atoms with van der Waals surface area (Å²) in [6.07, 6.45) is 1.41. The van der Waals surface area contributed by atoms with Crippen LogP contribution in [0.2, 0.25) is 0 Å². The Kier molecular flexibility index (Phi) is 10.0. The van der Waals surface area contributed by atoms with Gasteiger partial charge in [0.1, 0.15) is 17.9 Å². The average molecular weight is 480 g/mol. The number of thiol groups is 2. The second-order valence-electron chi connectivity index (χ2n) is 7.28. The molecule has 0 unspecified atom stereocenters. The predicted molar refractivity (Wildman–Crippen MR) is 125 cm³/mol. The summed E-state index contributed by atoms with van der Waals surface area (Å²) in [7, 11) is 0. The molecule has 2 atom stereocenters. The van der Waals surface area contributed by atoms with E-state index in [0.29, 0.717) is 34.7 Å². The number of aliphatic carboxylic acids is 1. The molecule has 0 saturated carbocycles. The molecule has 2 rings (SSSR count). The van der Waals surface area contributed by atoms with E-state index in [0.717, 1.165) is 0 Å². The largest absolute Gasteiger partial charge is 0.480 e. The van der Waals surface area contributed by atoms with E-state index in [4.69, 9.17) is 5.73 Å². The highest BCUT2D eigenvalue weighted by Gasteiger charge is 2.27. The highest BCUT2D eigenvalue weighted by molar-refractivity contribution is 7.81. The van der Waals surface area contributed by atoms with Crippen LogP contribution in [0.25, 0.3) is 0 Å². The number of carbonyl (C=O) groups excluding carboxylic acids is 2. The van der Waals surface area contributed by atoms with Crippen LogP contribution in [-0.4, -0.2) is 41.5 Å². The Morgan fingerprint density at radius 2 is 1.59 bits per heavy atom. The maximum Gasteiger partial charge on any atom is 0.326 e. The van der Waals surface area contributed by atoms with Gasteiger partial charge in [0, 0.05) is 21.8 Å². The van der Waals surface area contributed by atoms with Gasteiger partial charge in [0.2, 0.25) is 5.91 Å². The molecule has 2 aromatic rings. The number of hydrogen-bond donors (Lipinski definition) is 6. The quantitative estimate of drug-likeness (QED) is 0.218. The van der Waals surface area contributed by atoms with Gasteiger partial charge in [-0.25, -0.2) is 9.18 Å². The molecule has 10 heteroatoms. The van der Waals surface area contributed by atoms with Crippen LogP contribution in [0.15, 0.2) is 52.3 Å². The molecule has 5 N–H and O–H groups in total. The number of carboxylic acid groups (broad SMARTS) is 1. The number of nitrogens with two attached hydrogens (primary N) is 1. The topological polar surface area (TPSA) is 122 Å². The van der Waals surface area contributed by atoms with Crippen LogP contribution >= 0.6 is 25.3 Å². The number of amides is 2. The average Bonchev–Trinajstić information content (AvgIpc) is 2.73. The van der Waals surface area contributed by atoms with E-state index in [1.165, 1.54) is 36.4 Å². The Balaban J connectivity index is 2.21.